The molecule has 2 rings (SSSR count). The Balaban J connectivity index is 2.22. The SMILES string of the molecule is Cn1cc2c(n1)CC(CBr)CC2. The minimum atomic E-state index is 0.799. The van der Waals surface area contributed by atoms with Crippen molar-refractivity contribution in [1.29, 1.82) is 0 Å². The van der Waals surface area contributed by atoms with Crippen LogP contribution in [0.25, 0.3) is 0 Å². The molecule has 2 nitrogen and oxygen atoms in total. The predicted octanol–water partition coefficient (Wildman–Crippen LogP) is 1.92. The van der Waals surface area contributed by atoms with Crippen molar-refractivity contribution in [2.45, 2.75) is 19.3 Å². The minimum absolute atomic E-state index is 0.799. The highest BCUT2D eigenvalue weighted by molar-refractivity contribution is 9.09. The lowest BCUT2D eigenvalue weighted by atomic mass is 9.90. The van der Waals surface area contributed by atoms with Crippen LogP contribution in [0.1, 0.15) is 17.7 Å². The summed E-state index contributed by atoms with van der Waals surface area (Å²) < 4.78 is 1.93. The maximum Gasteiger partial charge on any atom is 0.0659 e. The average Bonchev–Trinajstić information content (AvgIpc) is 2.43. The minimum Gasteiger partial charge on any atom is -0.275 e. The Morgan fingerprint density at radius 2 is 2.58 bits per heavy atom. The number of hydrogen-bond donors (Lipinski definition) is 0. The summed E-state index contributed by atoms with van der Waals surface area (Å²) in [5.41, 5.74) is 2.77. The van der Waals surface area contributed by atoms with E-state index in [1.54, 1.807) is 0 Å². The molecule has 1 heterocycles. The first-order valence-corrected chi connectivity index (χ1v) is 5.49. The smallest absolute Gasteiger partial charge is 0.0659 e. The fraction of sp³-hybridized carbons (Fsp3) is 0.667. The molecule has 0 N–H and O–H groups in total. The van der Waals surface area contributed by atoms with Crippen LogP contribution < -0.4 is 0 Å². The Kier molecular flexibility index (Phi) is 2.22. The van der Waals surface area contributed by atoms with Gasteiger partial charge in [-0.05, 0) is 30.7 Å². The maximum atomic E-state index is 4.45. The molecule has 1 aromatic rings. The zero-order valence-corrected chi connectivity index (χ0v) is 8.84. The van der Waals surface area contributed by atoms with E-state index in [9.17, 15) is 0 Å². The molecule has 0 radical (unpaired) electrons. The summed E-state index contributed by atoms with van der Waals surface area (Å²) >= 11 is 3.53. The highest BCUT2D eigenvalue weighted by Crippen LogP contribution is 2.25. The van der Waals surface area contributed by atoms with Gasteiger partial charge in [-0.25, -0.2) is 0 Å². The lowest BCUT2D eigenvalue weighted by Gasteiger charge is -2.18. The van der Waals surface area contributed by atoms with Gasteiger partial charge in [0.05, 0.1) is 5.69 Å². The number of hydrogen-bond acceptors (Lipinski definition) is 1. The Bertz CT molecular complexity index is 280. The Morgan fingerprint density at radius 1 is 1.75 bits per heavy atom. The van der Waals surface area contributed by atoms with Gasteiger partial charge in [-0.3, -0.25) is 4.68 Å². The molecule has 0 aromatic carbocycles. The molecule has 1 atom stereocenters. The van der Waals surface area contributed by atoms with Gasteiger partial charge in [-0.2, -0.15) is 5.10 Å². The van der Waals surface area contributed by atoms with Crippen LogP contribution in [0.15, 0.2) is 6.20 Å². The first kappa shape index (κ1) is 8.30. The van der Waals surface area contributed by atoms with Crippen molar-refractivity contribution in [1.82, 2.24) is 9.78 Å². The molecule has 0 saturated carbocycles. The van der Waals surface area contributed by atoms with Gasteiger partial charge in [0.1, 0.15) is 0 Å². The lowest BCUT2D eigenvalue weighted by molar-refractivity contribution is 0.504. The predicted molar refractivity (Wildman–Crippen MR) is 52.5 cm³/mol. The van der Waals surface area contributed by atoms with Crippen LogP contribution in [-0.4, -0.2) is 15.1 Å². The number of alkyl halides is 1. The fourth-order valence-electron chi connectivity index (χ4n) is 1.83. The van der Waals surface area contributed by atoms with Crippen molar-refractivity contribution >= 4 is 15.9 Å². The van der Waals surface area contributed by atoms with Crippen LogP contribution in [0.4, 0.5) is 0 Å². The number of rotatable bonds is 1. The molecular formula is C9H13BrN2. The largest absolute Gasteiger partial charge is 0.275 e. The summed E-state index contributed by atoms with van der Waals surface area (Å²) in [6.07, 6.45) is 5.82. The molecule has 3 heteroatoms. The second-order valence-corrected chi connectivity index (χ2v) is 4.19. The van der Waals surface area contributed by atoms with Gasteiger partial charge in [0.15, 0.2) is 0 Å². The molecule has 0 bridgehead atoms. The summed E-state index contributed by atoms with van der Waals surface area (Å²) in [7, 11) is 2.00. The summed E-state index contributed by atoms with van der Waals surface area (Å²) in [5.74, 6) is 0.799. The van der Waals surface area contributed by atoms with Gasteiger partial charge >= 0.3 is 0 Å². The number of halogens is 1. The molecule has 1 aliphatic rings. The normalized spacial score (nSPS) is 22.3. The monoisotopic (exact) mass is 228 g/mol. The van der Waals surface area contributed by atoms with Crippen molar-refractivity contribution in [3.05, 3.63) is 17.5 Å². The topological polar surface area (TPSA) is 17.8 Å². The highest BCUT2D eigenvalue weighted by Gasteiger charge is 2.19. The quantitative estimate of drug-likeness (QED) is 0.672. The first-order valence-electron chi connectivity index (χ1n) is 4.37. The number of nitrogens with zero attached hydrogens (tertiary/aromatic N) is 2. The standard InChI is InChI=1S/C9H13BrN2/c1-12-6-8-3-2-7(5-10)4-9(8)11-12/h6-7H,2-5H2,1H3. The van der Waals surface area contributed by atoms with Crippen molar-refractivity contribution < 1.29 is 0 Å². The Labute approximate surface area is 81.1 Å². The molecular weight excluding hydrogens is 216 g/mol. The van der Waals surface area contributed by atoms with E-state index >= 15 is 0 Å². The van der Waals surface area contributed by atoms with E-state index in [0.717, 1.165) is 17.7 Å². The molecule has 0 spiro atoms. The molecule has 0 fully saturated rings. The van der Waals surface area contributed by atoms with Gasteiger partial charge in [0.2, 0.25) is 0 Å². The van der Waals surface area contributed by atoms with E-state index in [2.05, 4.69) is 27.2 Å². The van der Waals surface area contributed by atoms with Gasteiger partial charge in [-0.1, -0.05) is 15.9 Å². The van der Waals surface area contributed by atoms with Crippen molar-refractivity contribution in [3.8, 4) is 0 Å². The first-order chi connectivity index (χ1) is 5.79. The van der Waals surface area contributed by atoms with E-state index in [4.69, 9.17) is 0 Å². The fourth-order valence-corrected chi connectivity index (χ4v) is 2.38. The second kappa shape index (κ2) is 3.21. The molecule has 66 valence electrons. The van der Waals surface area contributed by atoms with E-state index < -0.39 is 0 Å². The van der Waals surface area contributed by atoms with Crippen LogP contribution in [0.2, 0.25) is 0 Å². The van der Waals surface area contributed by atoms with Crippen LogP contribution in [0.3, 0.4) is 0 Å². The van der Waals surface area contributed by atoms with E-state index in [0.29, 0.717) is 0 Å². The van der Waals surface area contributed by atoms with Gasteiger partial charge in [0, 0.05) is 18.6 Å². The third-order valence-corrected chi connectivity index (χ3v) is 3.43. The van der Waals surface area contributed by atoms with Gasteiger partial charge < -0.3 is 0 Å². The van der Waals surface area contributed by atoms with Gasteiger partial charge in [0.25, 0.3) is 0 Å². The number of aromatic nitrogens is 2. The van der Waals surface area contributed by atoms with Gasteiger partial charge in [-0.15, -0.1) is 0 Å². The molecule has 12 heavy (non-hydrogen) atoms. The van der Waals surface area contributed by atoms with Crippen LogP contribution in [0, 0.1) is 5.92 Å². The number of aryl methyl sites for hydroxylation is 2. The zero-order chi connectivity index (χ0) is 8.55. The third kappa shape index (κ3) is 1.42. The molecule has 1 unspecified atom stereocenters. The van der Waals surface area contributed by atoms with Crippen molar-refractivity contribution in [2.24, 2.45) is 13.0 Å². The Hall–Kier alpha value is -0.310. The van der Waals surface area contributed by atoms with Crippen molar-refractivity contribution in [3.63, 3.8) is 0 Å². The summed E-state index contributed by atoms with van der Waals surface area (Å²) in [6.45, 7) is 0. The summed E-state index contributed by atoms with van der Waals surface area (Å²) in [4.78, 5) is 0. The molecule has 1 aromatic heterocycles. The third-order valence-electron chi connectivity index (χ3n) is 2.51. The highest BCUT2D eigenvalue weighted by atomic mass is 79.9. The Morgan fingerprint density at radius 3 is 3.33 bits per heavy atom. The molecule has 0 amide bonds. The summed E-state index contributed by atoms with van der Waals surface area (Å²) in [5, 5.41) is 5.56. The average molecular weight is 229 g/mol. The van der Waals surface area contributed by atoms with Crippen LogP contribution >= 0.6 is 15.9 Å². The maximum absolute atomic E-state index is 4.45. The zero-order valence-electron chi connectivity index (χ0n) is 7.26. The van der Waals surface area contributed by atoms with E-state index in [1.165, 1.54) is 24.1 Å². The molecule has 0 saturated heterocycles. The number of fused-ring (bicyclic) bond motifs is 1. The summed E-state index contributed by atoms with van der Waals surface area (Å²) in [6, 6.07) is 0. The lowest BCUT2D eigenvalue weighted by Crippen LogP contribution is -2.14. The molecule has 0 aliphatic heterocycles. The van der Waals surface area contributed by atoms with Crippen LogP contribution in [0.5, 0.6) is 0 Å². The second-order valence-electron chi connectivity index (χ2n) is 3.54. The molecule has 1 aliphatic carbocycles. The van der Waals surface area contributed by atoms with Crippen molar-refractivity contribution in [2.75, 3.05) is 5.33 Å². The van der Waals surface area contributed by atoms with E-state index in [1.807, 2.05) is 11.7 Å². The van der Waals surface area contributed by atoms with Crippen LogP contribution in [-0.2, 0) is 19.9 Å². The van der Waals surface area contributed by atoms with E-state index in [-0.39, 0.29) is 0 Å².